The number of likely N-dealkylation sites (tertiary alicyclic amines) is 1. The number of amides is 3. The van der Waals surface area contributed by atoms with E-state index in [1.165, 1.54) is 6.42 Å². The second-order valence-corrected chi connectivity index (χ2v) is 13.2. The molecule has 4 aliphatic rings. The molecule has 36 heavy (non-hydrogen) atoms. The molecule has 8 heteroatoms. The molecular weight excluding hydrogens is 456 g/mol. The number of carbonyl (C=O) groups is 3. The lowest BCUT2D eigenvalue weighted by Gasteiger charge is -2.36. The summed E-state index contributed by atoms with van der Waals surface area (Å²) in [7, 11) is 0. The first kappa shape index (κ1) is 28.9. The smallest absolute Gasteiger partial charge is 0.251 e. The highest BCUT2D eigenvalue weighted by Crippen LogP contribution is 2.88. The van der Waals surface area contributed by atoms with Crippen LogP contribution in [-0.4, -0.2) is 64.5 Å². The van der Waals surface area contributed by atoms with Gasteiger partial charge in [0.1, 0.15) is 6.04 Å². The molecule has 3 aliphatic carbocycles. The lowest BCUT2D eigenvalue weighted by molar-refractivity contribution is -0.141. The topological polar surface area (TPSA) is 125 Å². The van der Waals surface area contributed by atoms with Crippen LogP contribution < -0.4 is 16.4 Å². The largest absolute Gasteiger partial charge is 0.381 e. The van der Waals surface area contributed by atoms with Crippen LogP contribution >= 0.6 is 0 Å². The van der Waals surface area contributed by atoms with Crippen molar-refractivity contribution in [2.24, 2.45) is 27.9 Å². The van der Waals surface area contributed by atoms with Crippen molar-refractivity contribution < 1.29 is 19.5 Å². The molecule has 206 valence electrons. The van der Waals surface area contributed by atoms with E-state index in [0.717, 1.165) is 31.6 Å². The molecule has 5 N–H and O–H groups in total. The van der Waals surface area contributed by atoms with Crippen LogP contribution in [0.1, 0.15) is 99.8 Å². The third-order valence-electron chi connectivity index (χ3n) is 9.56. The summed E-state index contributed by atoms with van der Waals surface area (Å²) in [6.45, 7) is 15.1. The molecule has 4 fully saturated rings. The van der Waals surface area contributed by atoms with Gasteiger partial charge in [-0.25, -0.2) is 0 Å². The molecule has 3 saturated carbocycles. The summed E-state index contributed by atoms with van der Waals surface area (Å²) in [5.74, 6) is -0.128. The van der Waals surface area contributed by atoms with E-state index >= 15 is 0 Å². The molecule has 1 saturated heterocycles. The normalized spacial score (nSPS) is 29.6. The zero-order valence-corrected chi connectivity index (χ0v) is 23.6. The van der Waals surface area contributed by atoms with E-state index in [0.29, 0.717) is 25.8 Å². The van der Waals surface area contributed by atoms with Gasteiger partial charge in [0.2, 0.25) is 11.8 Å². The Bertz CT molecular complexity index is 848. The van der Waals surface area contributed by atoms with Crippen molar-refractivity contribution in [3.8, 4) is 0 Å². The number of aliphatic hydroxyl groups is 1. The van der Waals surface area contributed by atoms with Gasteiger partial charge in [-0.15, -0.1) is 0 Å². The fraction of sp³-hybridized carbons (Fsp3) is 0.893. The van der Waals surface area contributed by atoms with E-state index in [1.807, 2.05) is 6.92 Å². The van der Waals surface area contributed by atoms with Crippen LogP contribution in [0.3, 0.4) is 0 Å². The number of hydrogen-bond acceptors (Lipinski definition) is 5. The van der Waals surface area contributed by atoms with Crippen molar-refractivity contribution in [3.63, 3.8) is 0 Å². The Morgan fingerprint density at radius 2 is 1.72 bits per heavy atom. The molecule has 2 spiro atoms. The quantitative estimate of drug-likeness (QED) is 0.403. The van der Waals surface area contributed by atoms with Crippen molar-refractivity contribution in [2.75, 3.05) is 13.1 Å². The van der Waals surface area contributed by atoms with Gasteiger partial charge in [0.15, 0.2) is 6.10 Å². The first-order chi connectivity index (χ1) is 16.7. The van der Waals surface area contributed by atoms with Gasteiger partial charge in [0, 0.05) is 18.0 Å². The summed E-state index contributed by atoms with van der Waals surface area (Å²) in [4.78, 5) is 40.6. The molecule has 1 aliphatic heterocycles. The maximum absolute atomic E-state index is 13.6. The molecule has 4 unspecified atom stereocenters. The molecule has 0 radical (unpaired) electrons. The third-order valence-corrected chi connectivity index (χ3v) is 9.56. The lowest BCUT2D eigenvalue weighted by atomic mass is 9.73. The van der Waals surface area contributed by atoms with Crippen molar-refractivity contribution in [1.82, 2.24) is 15.5 Å². The van der Waals surface area contributed by atoms with Gasteiger partial charge in [-0.3, -0.25) is 14.4 Å². The van der Waals surface area contributed by atoms with Gasteiger partial charge in [-0.2, -0.15) is 0 Å². The summed E-state index contributed by atoms with van der Waals surface area (Å²) in [6, 6.07) is -0.498. The number of carbonyl (C=O) groups excluding carboxylic acids is 3. The molecule has 1 heterocycles. The molecule has 0 aromatic heterocycles. The fourth-order valence-corrected chi connectivity index (χ4v) is 7.16. The zero-order valence-electron chi connectivity index (χ0n) is 23.6. The Morgan fingerprint density at radius 3 is 2.14 bits per heavy atom. The van der Waals surface area contributed by atoms with E-state index in [1.54, 1.807) is 11.8 Å². The summed E-state index contributed by atoms with van der Waals surface area (Å²) in [6.07, 6.45) is 5.75. The number of nitrogens with two attached hydrogens (primary N) is 1. The highest BCUT2D eigenvalue weighted by Gasteiger charge is 2.85. The number of nitrogens with zero attached hydrogens (tertiary/aromatic N) is 1. The Morgan fingerprint density at radius 1 is 1.14 bits per heavy atom. The van der Waals surface area contributed by atoms with Crippen LogP contribution in [-0.2, 0) is 14.4 Å². The third kappa shape index (κ3) is 4.80. The summed E-state index contributed by atoms with van der Waals surface area (Å²) in [5.41, 5.74) is 4.82. The van der Waals surface area contributed by atoms with Crippen LogP contribution in [0.15, 0.2) is 0 Å². The lowest BCUT2D eigenvalue weighted by Crippen LogP contribution is -2.62. The standard InChI is InChI=1S/C24H40N4O4.C4H10/c1-5-9-22(4,18(30)20(32)26-15-7-8-15)27-19(31)16-12-24(14-28(16)17(29)13-25)21(2,3)23(24)10-6-11-23;1-4(2)3/h15-16,18,30H,5-14,25H2,1-4H3,(H,26,32)(H,27,31);4H,1-3H3. The van der Waals surface area contributed by atoms with Gasteiger partial charge in [0.25, 0.3) is 5.91 Å². The minimum atomic E-state index is -1.35. The highest BCUT2D eigenvalue weighted by atomic mass is 16.3. The number of aliphatic hydroxyl groups excluding tert-OH is 1. The molecule has 0 aromatic rings. The average Bonchev–Trinajstić information content (AvgIpc) is 3.57. The fourth-order valence-electron chi connectivity index (χ4n) is 7.16. The zero-order chi connectivity index (χ0) is 27.1. The van der Waals surface area contributed by atoms with Gasteiger partial charge < -0.3 is 26.4 Å². The SMILES string of the molecule is CC(C)C.CCCC(C)(NC(=O)C1CC2(CN1C(=O)CN)C(C)(C)C21CCC1)C(O)C(=O)NC1CC1. The summed E-state index contributed by atoms with van der Waals surface area (Å²) < 4.78 is 0. The second kappa shape index (κ2) is 10.2. The Hall–Kier alpha value is -1.67. The maximum atomic E-state index is 13.6. The molecule has 0 bridgehead atoms. The monoisotopic (exact) mass is 506 g/mol. The van der Waals surface area contributed by atoms with Crippen LogP contribution in [0.25, 0.3) is 0 Å². The van der Waals surface area contributed by atoms with Crippen LogP contribution in [0.4, 0.5) is 0 Å². The molecular formula is C28H50N4O4. The number of hydrogen-bond donors (Lipinski definition) is 4. The molecule has 0 aromatic carbocycles. The van der Waals surface area contributed by atoms with Gasteiger partial charge >= 0.3 is 0 Å². The number of rotatable bonds is 8. The minimum Gasteiger partial charge on any atom is -0.381 e. The van der Waals surface area contributed by atoms with E-state index in [2.05, 4.69) is 45.3 Å². The predicted octanol–water partition coefficient (Wildman–Crippen LogP) is 2.72. The molecule has 3 amide bonds. The van der Waals surface area contributed by atoms with Gasteiger partial charge in [0.05, 0.1) is 12.1 Å². The van der Waals surface area contributed by atoms with E-state index in [-0.39, 0.29) is 40.6 Å². The predicted molar refractivity (Wildman–Crippen MR) is 141 cm³/mol. The van der Waals surface area contributed by atoms with E-state index in [4.69, 9.17) is 5.73 Å². The summed E-state index contributed by atoms with van der Waals surface area (Å²) >= 11 is 0. The summed E-state index contributed by atoms with van der Waals surface area (Å²) in [5, 5.41) is 16.7. The van der Waals surface area contributed by atoms with Crippen LogP contribution in [0, 0.1) is 22.2 Å². The van der Waals surface area contributed by atoms with Crippen LogP contribution in [0.5, 0.6) is 0 Å². The Kier molecular flexibility index (Phi) is 8.22. The molecule has 4 atom stereocenters. The van der Waals surface area contributed by atoms with Gasteiger partial charge in [-0.05, 0) is 62.2 Å². The Labute approximate surface area is 217 Å². The van der Waals surface area contributed by atoms with Crippen molar-refractivity contribution >= 4 is 17.7 Å². The minimum absolute atomic E-state index is 0.0613. The number of fused-ring (bicyclic) bond motifs is 1. The molecule has 4 rings (SSSR count). The van der Waals surface area contributed by atoms with Crippen molar-refractivity contribution in [1.29, 1.82) is 0 Å². The van der Waals surface area contributed by atoms with Crippen molar-refractivity contribution in [2.45, 2.75) is 124 Å². The van der Waals surface area contributed by atoms with E-state index in [9.17, 15) is 19.5 Å². The maximum Gasteiger partial charge on any atom is 0.251 e. The second-order valence-electron chi connectivity index (χ2n) is 13.2. The van der Waals surface area contributed by atoms with E-state index < -0.39 is 23.6 Å². The first-order valence-electron chi connectivity index (χ1n) is 14.0. The van der Waals surface area contributed by atoms with Gasteiger partial charge in [-0.1, -0.05) is 54.4 Å². The number of nitrogens with one attached hydrogen (secondary N) is 2. The molecule has 8 nitrogen and oxygen atoms in total. The first-order valence-corrected chi connectivity index (χ1v) is 14.0. The Balaban J connectivity index is 0.000000840. The van der Waals surface area contributed by atoms with Crippen molar-refractivity contribution in [3.05, 3.63) is 0 Å². The average molecular weight is 507 g/mol. The highest BCUT2D eigenvalue weighted by molar-refractivity contribution is 5.91. The van der Waals surface area contributed by atoms with Crippen LogP contribution in [0.2, 0.25) is 0 Å².